The summed E-state index contributed by atoms with van der Waals surface area (Å²) in [6.45, 7) is 0.687. The van der Waals surface area contributed by atoms with Gasteiger partial charge >= 0.3 is 0 Å². The van der Waals surface area contributed by atoms with E-state index in [-0.39, 0.29) is 5.88 Å². The summed E-state index contributed by atoms with van der Waals surface area (Å²) in [6.07, 6.45) is -0.993. The van der Waals surface area contributed by atoms with Crippen LogP contribution in [0.3, 0.4) is 0 Å². The number of hydrogen-bond acceptors (Lipinski definition) is 3. The number of hydrogen-bond donors (Lipinski definition) is 2. The zero-order chi connectivity index (χ0) is 10.8. The molecule has 0 spiro atoms. The average molecular weight is 229 g/mol. The molecule has 1 aliphatic rings. The van der Waals surface area contributed by atoms with Crippen LogP contribution in [-0.4, -0.2) is 28.8 Å². The smallest absolute Gasteiger partial charge is 0.122 e. The minimum atomic E-state index is -0.924. The maximum absolute atomic E-state index is 9.75. The predicted molar refractivity (Wildman–Crippen MR) is 57.3 cm³/mol. The van der Waals surface area contributed by atoms with Gasteiger partial charge in [0.15, 0.2) is 0 Å². The molecule has 0 saturated heterocycles. The van der Waals surface area contributed by atoms with Crippen LogP contribution in [0.5, 0.6) is 5.75 Å². The number of rotatable bonds is 3. The second-order valence-corrected chi connectivity index (χ2v) is 3.94. The van der Waals surface area contributed by atoms with Gasteiger partial charge in [0.2, 0.25) is 0 Å². The van der Waals surface area contributed by atoms with E-state index in [2.05, 4.69) is 0 Å². The highest BCUT2D eigenvalue weighted by molar-refractivity contribution is 6.18. The van der Waals surface area contributed by atoms with Crippen LogP contribution in [0.1, 0.15) is 17.2 Å². The molecule has 0 fully saturated rings. The molecule has 0 radical (unpaired) electrons. The Morgan fingerprint density at radius 2 is 2.20 bits per heavy atom. The van der Waals surface area contributed by atoms with Crippen LogP contribution in [0.4, 0.5) is 0 Å². The summed E-state index contributed by atoms with van der Waals surface area (Å²) in [5.41, 5.74) is 1.76. The molecule has 1 heterocycles. The molecule has 2 atom stereocenters. The molecule has 82 valence electrons. The Kier molecular flexibility index (Phi) is 3.14. The highest BCUT2D eigenvalue weighted by Crippen LogP contribution is 2.29. The molecule has 2 rings (SSSR count). The summed E-state index contributed by atoms with van der Waals surface area (Å²) in [4.78, 5) is 0. The van der Waals surface area contributed by atoms with Crippen LogP contribution in [0, 0.1) is 0 Å². The lowest BCUT2D eigenvalue weighted by Crippen LogP contribution is -2.19. The molecule has 15 heavy (non-hydrogen) atoms. The molecule has 4 heteroatoms. The lowest BCUT2D eigenvalue weighted by molar-refractivity contribution is 0.0327. The highest BCUT2D eigenvalue weighted by Gasteiger charge is 2.20. The Hall–Kier alpha value is -0.770. The van der Waals surface area contributed by atoms with Gasteiger partial charge in [-0.15, -0.1) is 11.6 Å². The quantitative estimate of drug-likeness (QED) is 0.766. The number of fused-ring (bicyclic) bond motifs is 1. The minimum Gasteiger partial charge on any atom is -0.493 e. The first kappa shape index (κ1) is 10.7. The van der Waals surface area contributed by atoms with Gasteiger partial charge in [0, 0.05) is 6.42 Å². The van der Waals surface area contributed by atoms with Gasteiger partial charge < -0.3 is 14.9 Å². The molecule has 0 aromatic heterocycles. The van der Waals surface area contributed by atoms with E-state index in [0.29, 0.717) is 12.2 Å². The molecule has 0 bridgehead atoms. The summed E-state index contributed by atoms with van der Waals surface area (Å²) >= 11 is 5.48. The zero-order valence-corrected chi connectivity index (χ0v) is 8.94. The number of aliphatic hydroxyl groups is 2. The summed E-state index contributed by atoms with van der Waals surface area (Å²) in [5, 5.41) is 19.2. The monoisotopic (exact) mass is 228 g/mol. The Labute approximate surface area is 93.3 Å². The molecule has 3 nitrogen and oxygen atoms in total. The molecule has 0 amide bonds. The minimum absolute atomic E-state index is 0.0226. The fraction of sp³-hybridized carbons (Fsp3) is 0.455. The molecule has 1 aromatic rings. The van der Waals surface area contributed by atoms with Crippen LogP contribution in [0.15, 0.2) is 18.2 Å². The van der Waals surface area contributed by atoms with Crippen LogP contribution in [0.25, 0.3) is 0 Å². The third kappa shape index (κ3) is 2.09. The topological polar surface area (TPSA) is 49.7 Å². The van der Waals surface area contributed by atoms with Gasteiger partial charge in [0.1, 0.15) is 11.9 Å². The van der Waals surface area contributed by atoms with E-state index in [1.165, 1.54) is 0 Å². The van der Waals surface area contributed by atoms with Gasteiger partial charge in [-0.1, -0.05) is 6.07 Å². The van der Waals surface area contributed by atoms with Crippen molar-refractivity contribution in [2.75, 3.05) is 12.5 Å². The van der Waals surface area contributed by atoms with Crippen molar-refractivity contribution in [3.63, 3.8) is 0 Å². The molecule has 0 aliphatic carbocycles. The van der Waals surface area contributed by atoms with Crippen LogP contribution >= 0.6 is 11.6 Å². The first-order chi connectivity index (χ1) is 7.22. The lowest BCUT2D eigenvalue weighted by atomic mass is 10.0. The fourth-order valence-electron chi connectivity index (χ4n) is 1.70. The van der Waals surface area contributed by atoms with Gasteiger partial charge in [-0.05, 0) is 23.3 Å². The van der Waals surface area contributed by atoms with Gasteiger partial charge in [-0.2, -0.15) is 0 Å². The van der Waals surface area contributed by atoms with Crippen LogP contribution < -0.4 is 4.74 Å². The summed E-state index contributed by atoms with van der Waals surface area (Å²) in [7, 11) is 0. The Morgan fingerprint density at radius 1 is 1.40 bits per heavy atom. The van der Waals surface area contributed by atoms with E-state index in [9.17, 15) is 10.2 Å². The standard InChI is InChI=1S/C11H13ClO3/c12-6-9(13)11(14)8-1-2-10-7(5-8)3-4-15-10/h1-2,5,9,11,13-14H,3-4,6H2. The Balaban J connectivity index is 2.22. The first-order valence-electron chi connectivity index (χ1n) is 4.90. The van der Waals surface area contributed by atoms with Crippen molar-refractivity contribution < 1.29 is 14.9 Å². The van der Waals surface area contributed by atoms with Crippen molar-refractivity contribution >= 4 is 11.6 Å². The first-order valence-corrected chi connectivity index (χ1v) is 5.43. The van der Waals surface area contributed by atoms with Crippen molar-refractivity contribution in [1.82, 2.24) is 0 Å². The molecule has 2 N–H and O–H groups in total. The average Bonchev–Trinajstić information content (AvgIpc) is 2.73. The molecule has 2 unspecified atom stereocenters. The Bertz CT molecular complexity index is 354. The van der Waals surface area contributed by atoms with Gasteiger partial charge in [-0.25, -0.2) is 0 Å². The number of alkyl halides is 1. The zero-order valence-electron chi connectivity index (χ0n) is 8.19. The van der Waals surface area contributed by atoms with Gasteiger partial charge in [-0.3, -0.25) is 0 Å². The SMILES string of the molecule is OC(CCl)C(O)c1ccc2c(c1)CCO2. The van der Waals surface area contributed by atoms with Crippen molar-refractivity contribution in [2.24, 2.45) is 0 Å². The largest absolute Gasteiger partial charge is 0.493 e. The summed E-state index contributed by atoms with van der Waals surface area (Å²) in [6, 6.07) is 5.44. The van der Waals surface area contributed by atoms with E-state index in [0.717, 1.165) is 17.7 Å². The Morgan fingerprint density at radius 3 is 2.93 bits per heavy atom. The van der Waals surface area contributed by atoms with E-state index < -0.39 is 12.2 Å². The van der Waals surface area contributed by atoms with E-state index >= 15 is 0 Å². The second kappa shape index (κ2) is 4.39. The predicted octanol–water partition coefficient (Wildman–Crippen LogP) is 1.25. The molecule has 1 aromatic carbocycles. The molecular weight excluding hydrogens is 216 g/mol. The second-order valence-electron chi connectivity index (χ2n) is 3.63. The normalized spacial score (nSPS) is 18.1. The highest BCUT2D eigenvalue weighted by atomic mass is 35.5. The van der Waals surface area contributed by atoms with E-state index in [1.54, 1.807) is 6.07 Å². The van der Waals surface area contributed by atoms with E-state index in [4.69, 9.17) is 16.3 Å². The number of halogens is 1. The van der Waals surface area contributed by atoms with Crippen molar-refractivity contribution in [3.8, 4) is 5.75 Å². The van der Waals surface area contributed by atoms with Crippen molar-refractivity contribution in [2.45, 2.75) is 18.6 Å². The molecule has 0 saturated carbocycles. The van der Waals surface area contributed by atoms with Crippen molar-refractivity contribution in [1.29, 1.82) is 0 Å². The molecular formula is C11H13ClO3. The fourth-order valence-corrected chi connectivity index (χ4v) is 1.87. The van der Waals surface area contributed by atoms with E-state index in [1.807, 2.05) is 12.1 Å². The van der Waals surface area contributed by atoms with Crippen molar-refractivity contribution in [3.05, 3.63) is 29.3 Å². The molecule has 1 aliphatic heterocycles. The number of ether oxygens (including phenoxy) is 1. The third-order valence-electron chi connectivity index (χ3n) is 2.58. The third-order valence-corrected chi connectivity index (χ3v) is 2.89. The maximum atomic E-state index is 9.75. The lowest BCUT2D eigenvalue weighted by Gasteiger charge is -2.16. The number of aliphatic hydroxyl groups excluding tert-OH is 2. The van der Waals surface area contributed by atoms with Gasteiger partial charge in [0.25, 0.3) is 0 Å². The van der Waals surface area contributed by atoms with Crippen LogP contribution in [0.2, 0.25) is 0 Å². The van der Waals surface area contributed by atoms with Crippen LogP contribution in [-0.2, 0) is 6.42 Å². The summed E-state index contributed by atoms with van der Waals surface area (Å²) in [5.74, 6) is 0.890. The summed E-state index contributed by atoms with van der Waals surface area (Å²) < 4.78 is 5.35. The number of benzene rings is 1. The van der Waals surface area contributed by atoms with Gasteiger partial charge in [0.05, 0.1) is 18.6 Å². The maximum Gasteiger partial charge on any atom is 0.122 e.